The highest BCUT2D eigenvalue weighted by atomic mass is 19.1. The molecular weight excluding hydrogens is 405 g/mol. The number of piperazine rings is 1. The molecule has 0 unspecified atom stereocenters. The summed E-state index contributed by atoms with van der Waals surface area (Å²) in [5.74, 6) is 1.16. The highest BCUT2D eigenvalue weighted by Gasteiger charge is 2.18. The molecule has 32 heavy (non-hydrogen) atoms. The Balaban J connectivity index is 1.27. The zero-order valence-corrected chi connectivity index (χ0v) is 18.0. The summed E-state index contributed by atoms with van der Waals surface area (Å²) in [6, 6.07) is 16.6. The summed E-state index contributed by atoms with van der Waals surface area (Å²) in [5.41, 5.74) is 9.14. The third-order valence-corrected chi connectivity index (χ3v) is 5.45. The van der Waals surface area contributed by atoms with E-state index >= 15 is 0 Å². The molecule has 0 bridgehead atoms. The van der Waals surface area contributed by atoms with Gasteiger partial charge in [0, 0.05) is 62.9 Å². The average Bonchev–Trinajstić information content (AvgIpc) is 2.84. The number of nitrogens with two attached hydrogens (primary N) is 1. The fraction of sp³-hybridized carbons (Fsp3) is 0.292. The first kappa shape index (κ1) is 21.5. The topological polar surface area (TPSA) is 82.7 Å². The maximum absolute atomic E-state index is 13.2. The molecule has 1 saturated heterocycles. The van der Waals surface area contributed by atoms with Crippen LogP contribution in [0.3, 0.4) is 0 Å². The first-order valence-corrected chi connectivity index (χ1v) is 10.8. The summed E-state index contributed by atoms with van der Waals surface area (Å²) in [6.07, 6.45) is 4.40. The number of aliphatic imine (C=N–C) groups is 1. The number of benzene rings is 1. The van der Waals surface area contributed by atoms with Crippen molar-refractivity contribution in [3.63, 3.8) is 0 Å². The number of nitrogens with one attached hydrogen (secondary N) is 1. The van der Waals surface area contributed by atoms with Gasteiger partial charge in [0.15, 0.2) is 5.96 Å². The number of anilines is 2. The molecule has 3 aromatic rings. The number of halogens is 1. The van der Waals surface area contributed by atoms with Gasteiger partial charge in [-0.3, -0.25) is 4.98 Å². The Hall–Kier alpha value is -3.68. The van der Waals surface area contributed by atoms with Crippen LogP contribution in [0.5, 0.6) is 0 Å². The summed E-state index contributed by atoms with van der Waals surface area (Å²) in [5, 5.41) is 3.14. The molecular formula is C24H28FN7. The number of guanidine groups is 1. The average molecular weight is 434 g/mol. The van der Waals surface area contributed by atoms with Crippen molar-refractivity contribution in [1.82, 2.24) is 15.3 Å². The van der Waals surface area contributed by atoms with Gasteiger partial charge >= 0.3 is 0 Å². The van der Waals surface area contributed by atoms with Gasteiger partial charge < -0.3 is 20.9 Å². The van der Waals surface area contributed by atoms with E-state index < -0.39 is 0 Å². The number of hydrogen-bond acceptors (Lipinski definition) is 5. The Morgan fingerprint density at radius 3 is 2.50 bits per heavy atom. The third-order valence-electron chi connectivity index (χ3n) is 5.45. The number of pyridine rings is 2. The van der Waals surface area contributed by atoms with Crippen LogP contribution in [0.25, 0.3) is 0 Å². The van der Waals surface area contributed by atoms with Crippen LogP contribution in [-0.2, 0) is 13.0 Å². The van der Waals surface area contributed by atoms with Crippen molar-refractivity contribution in [1.29, 1.82) is 0 Å². The van der Waals surface area contributed by atoms with Gasteiger partial charge in [-0.2, -0.15) is 0 Å². The van der Waals surface area contributed by atoms with Crippen molar-refractivity contribution in [3.05, 3.63) is 84.1 Å². The molecule has 1 fully saturated rings. The number of rotatable bonds is 7. The molecule has 7 nitrogen and oxygen atoms in total. The van der Waals surface area contributed by atoms with Gasteiger partial charge in [-0.25, -0.2) is 14.4 Å². The minimum Gasteiger partial charge on any atom is -0.370 e. The standard InChI is InChI=1S/C24H28FN7/c25-20-4-6-22(7-5-20)31-13-15-32(16-14-31)23-17-19(8-11-28-23)18-30-24(26)29-12-9-21-3-1-2-10-27-21/h1-8,10-11,17H,9,12-16,18H2,(H3,26,29,30). The van der Waals surface area contributed by atoms with Gasteiger partial charge in [0.2, 0.25) is 0 Å². The SMILES string of the molecule is NC(=NCc1ccnc(N2CCN(c3ccc(F)cc3)CC2)c1)NCCc1ccccn1. The van der Waals surface area contributed by atoms with Crippen molar-refractivity contribution < 1.29 is 4.39 Å². The lowest BCUT2D eigenvalue weighted by molar-refractivity contribution is 0.624. The number of nitrogens with zero attached hydrogens (tertiary/aromatic N) is 5. The van der Waals surface area contributed by atoms with E-state index in [1.165, 1.54) is 12.1 Å². The lowest BCUT2D eigenvalue weighted by atomic mass is 10.2. The summed E-state index contributed by atoms with van der Waals surface area (Å²) < 4.78 is 13.2. The van der Waals surface area contributed by atoms with Gasteiger partial charge in [-0.1, -0.05) is 6.07 Å². The minimum absolute atomic E-state index is 0.208. The van der Waals surface area contributed by atoms with Crippen molar-refractivity contribution in [2.24, 2.45) is 10.7 Å². The first-order valence-electron chi connectivity index (χ1n) is 10.8. The highest BCUT2D eigenvalue weighted by molar-refractivity contribution is 5.77. The van der Waals surface area contributed by atoms with Crippen LogP contribution in [0.4, 0.5) is 15.9 Å². The van der Waals surface area contributed by atoms with Gasteiger partial charge in [0.1, 0.15) is 11.6 Å². The number of hydrogen-bond donors (Lipinski definition) is 2. The molecule has 2 aromatic heterocycles. The molecule has 3 heterocycles. The number of aromatic nitrogens is 2. The molecule has 0 amide bonds. The van der Waals surface area contributed by atoms with E-state index in [0.29, 0.717) is 19.0 Å². The van der Waals surface area contributed by atoms with E-state index in [0.717, 1.165) is 55.4 Å². The van der Waals surface area contributed by atoms with Crippen LogP contribution in [0.1, 0.15) is 11.3 Å². The Kier molecular flexibility index (Phi) is 7.12. The highest BCUT2D eigenvalue weighted by Crippen LogP contribution is 2.20. The predicted molar refractivity (Wildman–Crippen MR) is 126 cm³/mol. The van der Waals surface area contributed by atoms with Gasteiger partial charge in [0.05, 0.1) is 6.54 Å². The van der Waals surface area contributed by atoms with Crippen LogP contribution < -0.4 is 20.9 Å². The molecule has 0 spiro atoms. The van der Waals surface area contributed by atoms with Crippen molar-refractivity contribution in [3.8, 4) is 0 Å². The van der Waals surface area contributed by atoms with Gasteiger partial charge in [-0.05, 0) is 54.1 Å². The first-order chi connectivity index (χ1) is 15.7. The van der Waals surface area contributed by atoms with Crippen molar-refractivity contribution in [2.75, 3.05) is 42.5 Å². The largest absolute Gasteiger partial charge is 0.370 e. The van der Waals surface area contributed by atoms with Crippen LogP contribution in [-0.4, -0.2) is 48.7 Å². The third kappa shape index (κ3) is 5.94. The monoisotopic (exact) mass is 433 g/mol. The zero-order valence-electron chi connectivity index (χ0n) is 18.0. The van der Waals surface area contributed by atoms with Crippen molar-refractivity contribution in [2.45, 2.75) is 13.0 Å². The van der Waals surface area contributed by atoms with Gasteiger partial charge in [-0.15, -0.1) is 0 Å². The maximum atomic E-state index is 13.2. The smallest absolute Gasteiger partial charge is 0.188 e. The molecule has 1 aliphatic rings. The summed E-state index contributed by atoms with van der Waals surface area (Å²) >= 11 is 0. The van der Waals surface area contributed by atoms with Crippen LogP contribution in [0.15, 0.2) is 72.0 Å². The van der Waals surface area contributed by atoms with Gasteiger partial charge in [0.25, 0.3) is 0 Å². The Morgan fingerprint density at radius 1 is 0.969 bits per heavy atom. The van der Waals surface area contributed by atoms with Crippen LogP contribution in [0, 0.1) is 5.82 Å². The fourth-order valence-corrected chi connectivity index (χ4v) is 3.67. The lowest BCUT2D eigenvalue weighted by Gasteiger charge is -2.36. The summed E-state index contributed by atoms with van der Waals surface area (Å²) in [6.45, 7) is 4.62. The molecule has 1 aromatic carbocycles. The lowest BCUT2D eigenvalue weighted by Crippen LogP contribution is -2.46. The van der Waals surface area contributed by atoms with E-state index in [1.807, 2.05) is 42.6 Å². The van der Waals surface area contributed by atoms with E-state index in [2.05, 4.69) is 36.1 Å². The van der Waals surface area contributed by atoms with Crippen LogP contribution >= 0.6 is 0 Å². The van der Waals surface area contributed by atoms with Crippen molar-refractivity contribution >= 4 is 17.5 Å². The normalized spacial score (nSPS) is 14.5. The zero-order chi connectivity index (χ0) is 22.2. The molecule has 166 valence electrons. The van der Waals surface area contributed by atoms with E-state index in [-0.39, 0.29) is 5.82 Å². The molecule has 0 aliphatic carbocycles. The second kappa shape index (κ2) is 10.6. The molecule has 0 saturated carbocycles. The summed E-state index contributed by atoms with van der Waals surface area (Å²) in [4.78, 5) is 17.8. The molecule has 4 rings (SSSR count). The maximum Gasteiger partial charge on any atom is 0.188 e. The fourth-order valence-electron chi connectivity index (χ4n) is 3.67. The Labute approximate surface area is 187 Å². The second-order valence-corrected chi connectivity index (χ2v) is 7.67. The summed E-state index contributed by atoms with van der Waals surface area (Å²) in [7, 11) is 0. The predicted octanol–water partition coefficient (Wildman–Crippen LogP) is 2.59. The minimum atomic E-state index is -0.208. The molecule has 0 atom stereocenters. The molecule has 8 heteroatoms. The molecule has 3 N–H and O–H groups in total. The Morgan fingerprint density at radius 2 is 1.75 bits per heavy atom. The second-order valence-electron chi connectivity index (χ2n) is 7.67. The van der Waals surface area contributed by atoms with E-state index in [1.54, 1.807) is 6.20 Å². The van der Waals surface area contributed by atoms with E-state index in [9.17, 15) is 4.39 Å². The van der Waals surface area contributed by atoms with Crippen LogP contribution in [0.2, 0.25) is 0 Å². The van der Waals surface area contributed by atoms with E-state index in [4.69, 9.17) is 5.73 Å². The molecule has 0 radical (unpaired) electrons. The quantitative estimate of drug-likeness (QED) is 0.440. The molecule has 1 aliphatic heterocycles. The Bertz CT molecular complexity index is 1020.